The number of fused-ring (bicyclic) bond motifs is 3. The first kappa shape index (κ1) is 20.3. The molecule has 4 heteroatoms. The van der Waals surface area contributed by atoms with E-state index < -0.39 is 5.60 Å². The maximum atomic E-state index is 12.6. The highest BCUT2D eigenvalue weighted by molar-refractivity contribution is 14.1. The number of aromatic nitrogens is 2. The zero-order valence-electron chi connectivity index (χ0n) is 17.6. The molecule has 1 unspecified atom stereocenters. The van der Waals surface area contributed by atoms with Crippen molar-refractivity contribution in [3.63, 3.8) is 0 Å². The Labute approximate surface area is 205 Å². The van der Waals surface area contributed by atoms with E-state index in [0.29, 0.717) is 0 Å². The van der Waals surface area contributed by atoms with Crippen molar-refractivity contribution in [2.24, 2.45) is 0 Å². The zero-order chi connectivity index (χ0) is 22.4. The minimum Gasteiger partial charge on any atom is -0.376 e. The topological polar surface area (TPSA) is 46.0 Å². The number of hydrogen-bond acceptors (Lipinski definition) is 3. The standard InChI is InChI=1S/C29H19IN2O/c30-21-16-14-20(15-17-21)27-18-26-28(32-31-27)23-11-5-7-13-25(23)29(26,33)24-12-6-4-10-22(24)19-8-2-1-3-9-19/h1-18,33H. The molecule has 1 aliphatic rings. The molecule has 0 radical (unpaired) electrons. The second kappa shape index (κ2) is 7.90. The fourth-order valence-corrected chi connectivity index (χ4v) is 5.10. The summed E-state index contributed by atoms with van der Waals surface area (Å²) in [5.74, 6) is 0. The predicted molar refractivity (Wildman–Crippen MR) is 140 cm³/mol. The predicted octanol–water partition coefficient (Wildman–Crippen LogP) is 6.68. The third-order valence-corrected chi connectivity index (χ3v) is 7.02. The van der Waals surface area contributed by atoms with Gasteiger partial charge >= 0.3 is 0 Å². The van der Waals surface area contributed by atoms with Gasteiger partial charge in [0, 0.05) is 31.4 Å². The second-order valence-electron chi connectivity index (χ2n) is 8.17. The Morgan fingerprint density at radius 3 is 1.91 bits per heavy atom. The summed E-state index contributed by atoms with van der Waals surface area (Å²) in [6.45, 7) is 0. The number of benzene rings is 4. The highest BCUT2D eigenvalue weighted by atomic mass is 127. The number of nitrogens with zero attached hydrogens (tertiary/aromatic N) is 2. The highest BCUT2D eigenvalue weighted by Gasteiger charge is 2.45. The van der Waals surface area contributed by atoms with E-state index in [4.69, 9.17) is 0 Å². The maximum absolute atomic E-state index is 12.6. The Bertz CT molecular complexity index is 1480. The monoisotopic (exact) mass is 538 g/mol. The van der Waals surface area contributed by atoms with Gasteiger partial charge in [0.25, 0.3) is 0 Å². The molecule has 0 saturated heterocycles. The SMILES string of the molecule is OC1(c2ccccc2-c2ccccc2)c2ccccc2-c2nnc(-c3ccc(I)cc3)cc21. The molecule has 0 spiro atoms. The van der Waals surface area contributed by atoms with Gasteiger partial charge in [0.05, 0.1) is 5.69 Å². The van der Waals surface area contributed by atoms with Gasteiger partial charge in [-0.15, -0.1) is 10.2 Å². The van der Waals surface area contributed by atoms with Crippen molar-refractivity contribution in [1.82, 2.24) is 10.2 Å². The first-order valence-corrected chi connectivity index (χ1v) is 11.9. The third-order valence-electron chi connectivity index (χ3n) is 6.30. The summed E-state index contributed by atoms with van der Waals surface area (Å²) in [7, 11) is 0. The molecule has 0 bridgehead atoms. The lowest BCUT2D eigenvalue weighted by atomic mass is 9.80. The molecule has 158 valence electrons. The van der Waals surface area contributed by atoms with E-state index in [1.54, 1.807) is 0 Å². The minimum absolute atomic E-state index is 0.727. The van der Waals surface area contributed by atoms with Gasteiger partial charge in [-0.3, -0.25) is 0 Å². The molecule has 0 aliphatic heterocycles. The normalized spacial score (nSPS) is 16.3. The molecule has 1 aromatic heterocycles. The van der Waals surface area contributed by atoms with Gasteiger partial charge in [0.2, 0.25) is 0 Å². The van der Waals surface area contributed by atoms with Crippen LogP contribution in [0.4, 0.5) is 0 Å². The molecular weight excluding hydrogens is 519 g/mol. The van der Waals surface area contributed by atoms with E-state index in [-0.39, 0.29) is 0 Å². The summed E-state index contributed by atoms with van der Waals surface area (Å²) in [5, 5.41) is 21.7. The minimum atomic E-state index is -1.34. The van der Waals surface area contributed by atoms with Gasteiger partial charge in [-0.2, -0.15) is 0 Å². The molecule has 1 aliphatic carbocycles. The van der Waals surface area contributed by atoms with Crippen LogP contribution in [0, 0.1) is 3.57 Å². The lowest BCUT2D eigenvalue weighted by Gasteiger charge is -2.29. The van der Waals surface area contributed by atoms with Crippen molar-refractivity contribution >= 4 is 22.6 Å². The molecule has 0 fully saturated rings. The largest absolute Gasteiger partial charge is 0.376 e. The Morgan fingerprint density at radius 2 is 1.18 bits per heavy atom. The van der Waals surface area contributed by atoms with Crippen LogP contribution in [-0.2, 0) is 5.60 Å². The average molecular weight is 538 g/mol. The van der Waals surface area contributed by atoms with Gasteiger partial charge in [-0.1, -0.05) is 91.0 Å². The van der Waals surface area contributed by atoms with Crippen LogP contribution in [0.5, 0.6) is 0 Å². The second-order valence-corrected chi connectivity index (χ2v) is 9.41. The third kappa shape index (κ3) is 3.21. The Balaban J connectivity index is 1.63. The van der Waals surface area contributed by atoms with Crippen LogP contribution in [-0.4, -0.2) is 15.3 Å². The summed E-state index contributed by atoms with van der Waals surface area (Å²) in [6, 6.07) is 36.4. The first-order valence-electron chi connectivity index (χ1n) is 10.8. The van der Waals surface area contributed by atoms with Crippen molar-refractivity contribution < 1.29 is 5.11 Å². The number of aliphatic hydroxyl groups is 1. The fourth-order valence-electron chi connectivity index (χ4n) is 4.74. The summed E-state index contributed by atoms with van der Waals surface area (Å²) in [5.41, 5.74) is 6.51. The van der Waals surface area contributed by atoms with E-state index in [0.717, 1.165) is 53.9 Å². The van der Waals surface area contributed by atoms with Crippen molar-refractivity contribution in [1.29, 1.82) is 0 Å². The van der Waals surface area contributed by atoms with Crippen LogP contribution in [0.3, 0.4) is 0 Å². The Hall–Kier alpha value is -3.35. The number of halogens is 1. The van der Waals surface area contributed by atoms with E-state index in [9.17, 15) is 5.11 Å². The van der Waals surface area contributed by atoms with Crippen LogP contribution in [0.1, 0.15) is 16.7 Å². The molecule has 1 N–H and O–H groups in total. The lowest BCUT2D eigenvalue weighted by molar-refractivity contribution is 0.131. The average Bonchev–Trinajstić information content (AvgIpc) is 3.14. The van der Waals surface area contributed by atoms with E-state index in [1.165, 1.54) is 0 Å². The van der Waals surface area contributed by atoms with Gasteiger partial charge in [-0.05, 0) is 51.9 Å². The van der Waals surface area contributed by atoms with Crippen LogP contribution < -0.4 is 0 Å². The summed E-state index contributed by atoms with van der Waals surface area (Å²) in [6.07, 6.45) is 0. The van der Waals surface area contributed by atoms with Crippen molar-refractivity contribution in [3.8, 4) is 33.6 Å². The van der Waals surface area contributed by atoms with Gasteiger partial charge in [-0.25, -0.2) is 0 Å². The van der Waals surface area contributed by atoms with Gasteiger partial charge in [0.1, 0.15) is 11.3 Å². The van der Waals surface area contributed by atoms with Gasteiger partial charge in [0.15, 0.2) is 0 Å². The van der Waals surface area contributed by atoms with Crippen molar-refractivity contribution in [3.05, 3.63) is 129 Å². The Kier molecular flexibility index (Phi) is 4.85. The van der Waals surface area contributed by atoms with Crippen LogP contribution in [0.15, 0.2) is 109 Å². The smallest absolute Gasteiger partial charge is 0.144 e. The molecule has 3 nitrogen and oxygen atoms in total. The van der Waals surface area contributed by atoms with Crippen LogP contribution in [0.2, 0.25) is 0 Å². The molecule has 0 amide bonds. The van der Waals surface area contributed by atoms with Crippen molar-refractivity contribution in [2.75, 3.05) is 0 Å². The molecule has 5 aromatic rings. The summed E-state index contributed by atoms with van der Waals surface area (Å²) in [4.78, 5) is 0. The molecule has 1 heterocycles. The first-order chi connectivity index (χ1) is 16.2. The molecule has 6 rings (SSSR count). The van der Waals surface area contributed by atoms with E-state index in [1.807, 2.05) is 78.9 Å². The summed E-state index contributed by atoms with van der Waals surface area (Å²) >= 11 is 2.29. The molecular formula is C29H19IN2O. The lowest BCUT2D eigenvalue weighted by Crippen LogP contribution is -2.27. The Morgan fingerprint density at radius 1 is 0.576 bits per heavy atom. The fraction of sp³-hybridized carbons (Fsp3) is 0.0345. The highest BCUT2D eigenvalue weighted by Crippen LogP contribution is 2.52. The summed E-state index contributed by atoms with van der Waals surface area (Å²) < 4.78 is 1.16. The van der Waals surface area contributed by atoms with Gasteiger partial charge < -0.3 is 5.11 Å². The molecule has 33 heavy (non-hydrogen) atoms. The van der Waals surface area contributed by atoms with Crippen LogP contribution in [0.25, 0.3) is 33.6 Å². The maximum Gasteiger partial charge on any atom is 0.144 e. The molecule has 4 aromatic carbocycles. The van der Waals surface area contributed by atoms with E-state index in [2.05, 4.69) is 63.1 Å². The van der Waals surface area contributed by atoms with E-state index >= 15 is 0 Å². The molecule has 0 saturated carbocycles. The van der Waals surface area contributed by atoms with Crippen molar-refractivity contribution in [2.45, 2.75) is 5.60 Å². The molecule has 1 atom stereocenters. The quantitative estimate of drug-likeness (QED) is 0.261. The number of hydrogen-bond donors (Lipinski definition) is 1. The number of rotatable bonds is 3. The zero-order valence-corrected chi connectivity index (χ0v) is 19.8. The van der Waals surface area contributed by atoms with Crippen LogP contribution >= 0.6 is 22.6 Å².